The maximum absolute atomic E-state index is 13.1. The molecule has 6 nitrogen and oxygen atoms in total. The Morgan fingerprint density at radius 3 is 2.26 bits per heavy atom. The van der Waals surface area contributed by atoms with E-state index in [1.54, 1.807) is 12.4 Å². The molecular formula is C25H19N5O. The number of hydrazone groups is 1. The molecule has 0 saturated heterocycles. The van der Waals surface area contributed by atoms with Crippen molar-refractivity contribution in [3.05, 3.63) is 103 Å². The first-order valence-electron chi connectivity index (χ1n) is 9.93. The molecule has 31 heavy (non-hydrogen) atoms. The average molecular weight is 405 g/mol. The van der Waals surface area contributed by atoms with Gasteiger partial charge in [-0.05, 0) is 49.4 Å². The number of hydrogen-bond donors (Lipinski definition) is 0. The van der Waals surface area contributed by atoms with Gasteiger partial charge < -0.3 is 0 Å². The van der Waals surface area contributed by atoms with E-state index in [4.69, 9.17) is 5.10 Å². The molecule has 5 rings (SSSR count). The van der Waals surface area contributed by atoms with Crippen molar-refractivity contribution in [1.29, 1.82) is 0 Å². The minimum atomic E-state index is -0.159. The number of nitrogens with zero attached hydrogens (tertiary/aromatic N) is 5. The Kier molecular flexibility index (Phi) is 4.72. The lowest BCUT2D eigenvalue weighted by atomic mass is 10.0. The standard InChI is InChI=1S/C25H19N5O/c1-18-23(25(31)30(27-18)22-12-6-3-7-13-22)15-20-17-29(21-10-4-2-5-11-21)28-24(20)19-9-8-14-26-16-19/h2-17H,1H3/b23-15-. The van der Waals surface area contributed by atoms with Gasteiger partial charge in [0.15, 0.2) is 0 Å². The molecule has 0 radical (unpaired) electrons. The third-order valence-corrected chi connectivity index (χ3v) is 5.06. The lowest BCUT2D eigenvalue weighted by Gasteiger charge is -2.10. The van der Waals surface area contributed by atoms with Gasteiger partial charge in [0.2, 0.25) is 0 Å². The fourth-order valence-corrected chi connectivity index (χ4v) is 3.52. The smallest absolute Gasteiger partial charge is 0.267 e. The summed E-state index contributed by atoms with van der Waals surface area (Å²) in [6.45, 7) is 1.85. The van der Waals surface area contributed by atoms with Gasteiger partial charge in [0.1, 0.15) is 5.69 Å². The summed E-state index contributed by atoms with van der Waals surface area (Å²) >= 11 is 0. The Morgan fingerprint density at radius 1 is 0.871 bits per heavy atom. The first-order valence-corrected chi connectivity index (χ1v) is 9.93. The molecule has 1 aliphatic rings. The van der Waals surface area contributed by atoms with Crippen molar-refractivity contribution in [3.8, 4) is 16.9 Å². The first-order chi connectivity index (χ1) is 15.2. The summed E-state index contributed by atoms with van der Waals surface area (Å²) in [7, 11) is 0. The Bertz CT molecular complexity index is 1290. The highest BCUT2D eigenvalue weighted by Crippen LogP contribution is 2.29. The molecule has 0 bridgehead atoms. The van der Waals surface area contributed by atoms with Crippen LogP contribution in [0.2, 0.25) is 0 Å². The van der Waals surface area contributed by atoms with E-state index in [9.17, 15) is 4.79 Å². The van der Waals surface area contributed by atoms with Crippen molar-refractivity contribution < 1.29 is 4.79 Å². The van der Waals surface area contributed by atoms with Gasteiger partial charge in [-0.1, -0.05) is 36.4 Å². The third kappa shape index (κ3) is 3.55. The molecule has 2 aromatic carbocycles. The van der Waals surface area contributed by atoms with Crippen LogP contribution in [-0.4, -0.2) is 26.4 Å². The molecule has 3 heterocycles. The highest BCUT2D eigenvalue weighted by Gasteiger charge is 2.29. The van der Waals surface area contributed by atoms with Crippen LogP contribution < -0.4 is 5.01 Å². The predicted octanol–water partition coefficient (Wildman–Crippen LogP) is 4.74. The normalized spacial score (nSPS) is 14.9. The number of hydrogen-bond acceptors (Lipinski definition) is 4. The van der Waals surface area contributed by atoms with Crippen LogP contribution in [0.3, 0.4) is 0 Å². The topological polar surface area (TPSA) is 63.4 Å². The van der Waals surface area contributed by atoms with E-state index in [0.29, 0.717) is 11.3 Å². The number of amides is 1. The highest BCUT2D eigenvalue weighted by molar-refractivity contribution is 6.32. The Hall–Kier alpha value is -4.32. The maximum Gasteiger partial charge on any atom is 0.280 e. The Labute approximate surface area is 179 Å². The number of carbonyl (C=O) groups excluding carboxylic acids is 1. The number of benzene rings is 2. The number of carbonyl (C=O) groups is 1. The van der Waals surface area contributed by atoms with Crippen molar-refractivity contribution in [2.75, 3.05) is 5.01 Å². The van der Waals surface area contributed by atoms with Crippen LogP contribution in [0.25, 0.3) is 23.0 Å². The van der Waals surface area contributed by atoms with Crippen LogP contribution in [0.5, 0.6) is 0 Å². The van der Waals surface area contributed by atoms with E-state index in [1.165, 1.54) is 5.01 Å². The Morgan fingerprint density at radius 2 is 1.58 bits per heavy atom. The fourth-order valence-electron chi connectivity index (χ4n) is 3.52. The van der Waals surface area contributed by atoms with Gasteiger partial charge in [0.25, 0.3) is 5.91 Å². The van der Waals surface area contributed by atoms with E-state index < -0.39 is 0 Å². The summed E-state index contributed by atoms with van der Waals surface area (Å²) in [5.41, 5.74) is 5.34. The largest absolute Gasteiger partial charge is 0.280 e. The van der Waals surface area contributed by atoms with E-state index in [0.717, 1.165) is 28.2 Å². The number of para-hydroxylation sites is 2. The van der Waals surface area contributed by atoms with Crippen molar-refractivity contribution in [2.24, 2.45) is 5.10 Å². The summed E-state index contributed by atoms with van der Waals surface area (Å²) in [6, 6.07) is 23.1. The van der Waals surface area contributed by atoms with Gasteiger partial charge >= 0.3 is 0 Å². The van der Waals surface area contributed by atoms with E-state index in [1.807, 2.05) is 96.7 Å². The molecule has 0 saturated carbocycles. The minimum Gasteiger partial charge on any atom is -0.267 e. The molecule has 0 unspecified atom stereocenters. The molecule has 0 N–H and O–H groups in total. The van der Waals surface area contributed by atoms with E-state index in [2.05, 4.69) is 10.1 Å². The summed E-state index contributed by atoms with van der Waals surface area (Å²) in [5, 5.41) is 10.7. The second-order valence-electron chi connectivity index (χ2n) is 7.15. The van der Waals surface area contributed by atoms with Crippen molar-refractivity contribution >= 4 is 23.4 Å². The van der Waals surface area contributed by atoms with Crippen LogP contribution >= 0.6 is 0 Å². The van der Waals surface area contributed by atoms with Crippen molar-refractivity contribution in [3.63, 3.8) is 0 Å². The fraction of sp³-hybridized carbons (Fsp3) is 0.0400. The number of pyridine rings is 1. The molecule has 4 aromatic rings. The monoisotopic (exact) mass is 405 g/mol. The quantitative estimate of drug-likeness (QED) is 0.461. The lowest BCUT2D eigenvalue weighted by molar-refractivity contribution is -0.114. The first kappa shape index (κ1) is 18.7. The summed E-state index contributed by atoms with van der Waals surface area (Å²) in [4.78, 5) is 17.4. The average Bonchev–Trinajstić information content (AvgIpc) is 3.37. The van der Waals surface area contributed by atoms with Crippen LogP contribution in [0, 0.1) is 0 Å². The van der Waals surface area contributed by atoms with Gasteiger partial charge in [-0.2, -0.15) is 15.2 Å². The van der Waals surface area contributed by atoms with Crippen LogP contribution in [-0.2, 0) is 4.79 Å². The Balaban J connectivity index is 1.60. The number of anilines is 1. The molecule has 2 aromatic heterocycles. The zero-order valence-electron chi connectivity index (χ0n) is 16.9. The zero-order chi connectivity index (χ0) is 21.2. The van der Waals surface area contributed by atoms with Crippen molar-refractivity contribution in [2.45, 2.75) is 6.92 Å². The van der Waals surface area contributed by atoms with Gasteiger partial charge in [-0.15, -0.1) is 0 Å². The van der Waals surface area contributed by atoms with Crippen LogP contribution in [0.1, 0.15) is 12.5 Å². The number of rotatable bonds is 4. The predicted molar refractivity (Wildman–Crippen MR) is 122 cm³/mol. The van der Waals surface area contributed by atoms with Gasteiger partial charge in [-0.25, -0.2) is 4.68 Å². The molecule has 1 amide bonds. The SMILES string of the molecule is CC1=NN(c2ccccc2)C(=O)/C1=C\c1cn(-c2ccccc2)nc1-c1cccnc1. The van der Waals surface area contributed by atoms with Crippen LogP contribution in [0.15, 0.2) is 102 Å². The summed E-state index contributed by atoms with van der Waals surface area (Å²) < 4.78 is 1.82. The third-order valence-electron chi connectivity index (χ3n) is 5.06. The lowest BCUT2D eigenvalue weighted by Crippen LogP contribution is -2.21. The van der Waals surface area contributed by atoms with Crippen LogP contribution in [0.4, 0.5) is 5.69 Å². The molecule has 0 atom stereocenters. The molecule has 0 spiro atoms. The second kappa shape index (κ2) is 7.84. The van der Waals surface area contributed by atoms with E-state index in [-0.39, 0.29) is 5.91 Å². The molecule has 6 heteroatoms. The van der Waals surface area contributed by atoms with Gasteiger partial charge in [-0.3, -0.25) is 9.78 Å². The summed E-state index contributed by atoms with van der Waals surface area (Å²) in [6.07, 6.45) is 7.29. The number of aromatic nitrogens is 3. The minimum absolute atomic E-state index is 0.159. The molecule has 0 fully saturated rings. The zero-order valence-corrected chi connectivity index (χ0v) is 16.9. The summed E-state index contributed by atoms with van der Waals surface area (Å²) in [5.74, 6) is -0.159. The van der Waals surface area contributed by atoms with Crippen molar-refractivity contribution in [1.82, 2.24) is 14.8 Å². The second-order valence-corrected chi connectivity index (χ2v) is 7.15. The molecule has 0 aliphatic carbocycles. The van der Waals surface area contributed by atoms with Gasteiger partial charge in [0, 0.05) is 29.7 Å². The van der Waals surface area contributed by atoms with Gasteiger partial charge in [0.05, 0.1) is 22.7 Å². The molecular weight excluding hydrogens is 386 g/mol. The molecule has 150 valence electrons. The highest BCUT2D eigenvalue weighted by atomic mass is 16.2. The maximum atomic E-state index is 13.1. The molecule has 1 aliphatic heterocycles. The van der Waals surface area contributed by atoms with E-state index >= 15 is 0 Å².